The van der Waals surface area contributed by atoms with Crippen molar-refractivity contribution in [1.29, 1.82) is 0 Å². The molecule has 0 unspecified atom stereocenters. The number of nitrogens with one attached hydrogen (secondary N) is 1. The summed E-state index contributed by atoms with van der Waals surface area (Å²) in [5, 5.41) is 7.59. The Hall–Kier alpha value is -0.500. The van der Waals surface area contributed by atoms with Crippen molar-refractivity contribution in [3.05, 3.63) is 12.3 Å². The number of rotatable bonds is 0. The molecule has 0 saturated carbocycles. The third-order valence-electron chi connectivity index (χ3n) is 2.54. The van der Waals surface area contributed by atoms with Crippen molar-refractivity contribution in [2.75, 3.05) is 19.6 Å². The lowest BCUT2D eigenvalue weighted by Crippen LogP contribution is -2.35. The molecule has 2 heteroatoms. The van der Waals surface area contributed by atoms with Gasteiger partial charge in [0.25, 0.3) is 0 Å². The van der Waals surface area contributed by atoms with Crippen molar-refractivity contribution < 1.29 is 0 Å². The number of hydrogen-bond acceptors (Lipinski definition) is 1. The van der Waals surface area contributed by atoms with Crippen LogP contribution in [0.5, 0.6) is 0 Å². The predicted molar refractivity (Wildman–Crippen MR) is 40.7 cm³/mol. The van der Waals surface area contributed by atoms with Gasteiger partial charge in [-0.1, -0.05) is 6.08 Å². The summed E-state index contributed by atoms with van der Waals surface area (Å²) in [7, 11) is 0. The van der Waals surface area contributed by atoms with Crippen molar-refractivity contribution in [2.45, 2.75) is 12.8 Å². The topological polar surface area (TPSA) is 26.1 Å². The molecule has 2 aliphatic rings. The third-order valence-corrected chi connectivity index (χ3v) is 2.54. The van der Waals surface area contributed by atoms with Crippen LogP contribution in [0.15, 0.2) is 12.3 Å². The summed E-state index contributed by atoms with van der Waals surface area (Å²) in [6, 6.07) is 0. The zero-order valence-corrected chi connectivity index (χ0v) is 6.14. The molecule has 1 saturated heterocycles. The molecule has 1 radical (unpaired) electrons. The van der Waals surface area contributed by atoms with Crippen LogP contribution in [-0.2, 0) is 0 Å². The first kappa shape index (κ1) is 6.23. The Labute approximate surface area is 61.7 Å². The Morgan fingerprint density at radius 1 is 1.30 bits per heavy atom. The van der Waals surface area contributed by atoms with Gasteiger partial charge < -0.3 is 5.32 Å². The van der Waals surface area contributed by atoms with Gasteiger partial charge in [-0.25, -0.2) is 5.32 Å². The molecule has 2 nitrogen and oxygen atoms in total. The molecule has 1 spiro atoms. The first-order valence-electron chi connectivity index (χ1n) is 3.96. The Morgan fingerprint density at radius 3 is 2.70 bits per heavy atom. The highest BCUT2D eigenvalue weighted by atomic mass is 14.9. The minimum atomic E-state index is 0.488. The highest BCUT2D eigenvalue weighted by molar-refractivity contribution is 5.08. The maximum absolute atomic E-state index is 4.33. The lowest BCUT2D eigenvalue weighted by Gasteiger charge is -2.30. The van der Waals surface area contributed by atoms with Crippen molar-refractivity contribution >= 4 is 0 Å². The Kier molecular flexibility index (Phi) is 1.42. The van der Waals surface area contributed by atoms with E-state index in [1.807, 2.05) is 0 Å². The largest absolute Gasteiger partial charge is 0.390 e. The number of nitrogens with zero attached hydrogens (tertiary/aromatic N) is 1. The molecule has 0 amide bonds. The van der Waals surface area contributed by atoms with Gasteiger partial charge in [0.05, 0.1) is 0 Å². The molecule has 2 rings (SSSR count). The minimum absolute atomic E-state index is 0.488. The van der Waals surface area contributed by atoms with E-state index < -0.39 is 0 Å². The van der Waals surface area contributed by atoms with Crippen LogP contribution in [0.4, 0.5) is 0 Å². The van der Waals surface area contributed by atoms with E-state index in [0.29, 0.717) is 5.41 Å². The molecule has 0 bridgehead atoms. The SMILES string of the molecule is C1=CC2(CC[N]CC2)CN1. The molecule has 10 heavy (non-hydrogen) atoms. The van der Waals surface area contributed by atoms with Crippen molar-refractivity contribution in [3.8, 4) is 0 Å². The summed E-state index contributed by atoms with van der Waals surface area (Å²) in [5.41, 5.74) is 0.488. The first-order valence-corrected chi connectivity index (χ1v) is 3.96. The van der Waals surface area contributed by atoms with Crippen LogP contribution >= 0.6 is 0 Å². The maximum atomic E-state index is 4.33. The van der Waals surface area contributed by atoms with Crippen LogP contribution in [0.25, 0.3) is 0 Å². The Bertz CT molecular complexity index is 145. The highest BCUT2D eigenvalue weighted by Crippen LogP contribution is 2.32. The van der Waals surface area contributed by atoms with Gasteiger partial charge in [-0.3, -0.25) is 0 Å². The second-order valence-electron chi connectivity index (χ2n) is 3.25. The molecule has 2 heterocycles. The van der Waals surface area contributed by atoms with Crippen LogP contribution in [0.1, 0.15) is 12.8 Å². The summed E-state index contributed by atoms with van der Waals surface area (Å²) < 4.78 is 0. The summed E-state index contributed by atoms with van der Waals surface area (Å²) in [4.78, 5) is 0. The minimum Gasteiger partial charge on any atom is -0.390 e. The lowest BCUT2D eigenvalue weighted by atomic mass is 9.80. The monoisotopic (exact) mass is 137 g/mol. The molecule has 0 aromatic carbocycles. The van der Waals surface area contributed by atoms with Gasteiger partial charge in [0, 0.05) is 25.0 Å². The van der Waals surface area contributed by atoms with E-state index in [9.17, 15) is 0 Å². The standard InChI is InChI=1S/C8H13N2/c1-4-9-5-2-8(1)3-6-10-7-8/h3,6,10H,1-2,4-5,7H2. The smallest absolute Gasteiger partial charge is 0.0234 e. The maximum Gasteiger partial charge on any atom is 0.0234 e. The summed E-state index contributed by atoms with van der Waals surface area (Å²) in [5.74, 6) is 0. The Morgan fingerprint density at radius 2 is 2.10 bits per heavy atom. The van der Waals surface area contributed by atoms with Crippen LogP contribution in [-0.4, -0.2) is 19.6 Å². The molecule has 0 atom stereocenters. The first-order chi connectivity index (χ1) is 4.91. The number of hydrogen-bond donors (Lipinski definition) is 1. The summed E-state index contributed by atoms with van der Waals surface area (Å²) in [6.45, 7) is 3.26. The zero-order valence-electron chi connectivity index (χ0n) is 6.14. The fourth-order valence-corrected chi connectivity index (χ4v) is 1.74. The van der Waals surface area contributed by atoms with Gasteiger partial charge in [-0.05, 0) is 19.0 Å². The predicted octanol–water partition coefficient (Wildman–Crippen LogP) is 0.488. The number of piperidine rings is 1. The van der Waals surface area contributed by atoms with Gasteiger partial charge >= 0.3 is 0 Å². The summed E-state index contributed by atoms with van der Waals surface area (Å²) in [6.07, 6.45) is 6.90. The van der Waals surface area contributed by atoms with Gasteiger partial charge in [0.15, 0.2) is 0 Å². The lowest BCUT2D eigenvalue weighted by molar-refractivity contribution is 0.281. The molecule has 0 aromatic rings. The second-order valence-corrected chi connectivity index (χ2v) is 3.25. The van der Waals surface area contributed by atoms with Crippen LogP contribution in [0.2, 0.25) is 0 Å². The summed E-state index contributed by atoms with van der Waals surface area (Å²) >= 11 is 0. The van der Waals surface area contributed by atoms with E-state index in [1.54, 1.807) is 0 Å². The molecular formula is C8H13N2. The van der Waals surface area contributed by atoms with Crippen molar-refractivity contribution in [1.82, 2.24) is 10.6 Å². The van der Waals surface area contributed by atoms with Gasteiger partial charge in [0.1, 0.15) is 0 Å². The van der Waals surface area contributed by atoms with E-state index in [0.717, 1.165) is 19.6 Å². The average molecular weight is 137 g/mol. The molecule has 0 aliphatic carbocycles. The highest BCUT2D eigenvalue weighted by Gasteiger charge is 2.31. The average Bonchev–Trinajstić information content (AvgIpc) is 2.39. The molecular weight excluding hydrogens is 124 g/mol. The molecule has 2 aliphatic heterocycles. The van der Waals surface area contributed by atoms with Gasteiger partial charge in [-0.2, -0.15) is 0 Å². The van der Waals surface area contributed by atoms with Crippen LogP contribution < -0.4 is 10.6 Å². The van der Waals surface area contributed by atoms with Crippen LogP contribution in [0, 0.1) is 5.41 Å². The molecule has 55 valence electrons. The zero-order chi connectivity index (χ0) is 6.86. The molecule has 0 aromatic heterocycles. The molecule has 1 N–H and O–H groups in total. The van der Waals surface area contributed by atoms with E-state index in [2.05, 4.69) is 22.9 Å². The quantitative estimate of drug-likeness (QED) is 0.516. The fourth-order valence-electron chi connectivity index (χ4n) is 1.74. The van der Waals surface area contributed by atoms with E-state index in [4.69, 9.17) is 0 Å². The van der Waals surface area contributed by atoms with Crippen molar-refractivity contribution in [2.24, 2.45) is 5.41 Å². The van der Waals surface area contributed by atoms with E-state index in [-0.39, 0.29) is 0 Å². The van der Waals surface area contributed by atoms with Gasteiger partial charge in [-0.15, -0.1) is 0 Å². The fraction of sp³-hybridized carbons (Fsp3) is 0.750. The van der Waals surface area contributed by atoms with E-state index >= 15 is 0 Å². The third kappa shape index (κ3) is 0.926. The van der Waals surface area contributed by atoms with Crippen LogP contribution in [0.3, 0.4) is 0 Å². The Balaban J connectivity index is 2.05. The van der Waals surface area contributed by atoms with E-state index in [1.165, 1.54) is 12.8 Å². The second kappa shape index (κ2) is 2.27. The normalized spacial score (nSPS) is 28.8. The van der Waals surface area contributed by atoms with Crippen molar-refractivity contribution in [3.63, 3.8) is 0 Å². The van der Waals surface area contributed by atoms with Gasteiger partial charge in [0.2, 0.25) is 0 Å². The molecule has 1 fully saturated rings.